The van der Waals surface area contributed by atoms with E-state index in [0.717, 1.165) is 44.9 Å². The summed E-state index contributed by atoms with van der Waals surface area (Å²) in [6, 6.07) is -0.432. The van der Waals surface area contributed by atoms with E-state index in [1.807, 2.05) is 5.48 Å². The second-order valence-corrected chi connectivity index (χ2v) is 8.63. The molecule has 0 aromatic carbocycles. The van der Waals surface area contributed by atoms with Gasteiger partial charge >= 0.3 is 5.97 Å². The Kier molecular flexibility index (Phi) is 14.1. The summed E-state index contributed by atoms with van der Waals surface area (Å²) in [5.74, 6) is 0.848. The Balaban J connectivity index is 2.44. The van der Waals surface area contributed by atoms with Gasteiger partial charge in [-0.1, -0.05) is 31.9 Å². The fourth-order valence-corrected chi connectivity index (χ4v) is 3.95. The van der Waals surface area contributed by atoms with Crippen LogP contribution in [0.2, 0.25) is 0 Å². The first-order chi connectivity index (χ1) is 15.4. The molecule has 3 unspecified atom stereocenters. The van der Waals surface area contributed by atoms with Gasteiger partial charge in [0, 0.05) is 18.7 Å². The maximum absolute atomic E-state index is 12.4. The number of hydrogen-bond donors (Lipinski definition) is 4. The molecule has 8 heteroatoms. The molecule has 8 nitrogen and oxygen atoms in total. The number of ether oxygens (including phenoxy) is 2. The van der Waals surface area contributed by atoms with Gasteiger partial charge in [0.1, 0.15) is 24.2 Å². The number of esters is 1. The van der Waals surface area contributed by atoms with Crippen molar-refractivity contribution in [2.75, 3.05) is 13.2 Å². The molecule has 1 rings (SSSR count). The van der Waals surface area contributed by atoms with Gasteiger partial charge in [0.15, 0.2) is 0 Å². The van der Waals surface area contributed by atoms with Gasteiger partial charge in [-0.05, 0) is 65.2 Å². The summed E-state index contributed by atoms with van der Waals surface area (Å²) in [7, 11) is 0. The molecule has 1 saturated heterocycles. The van der Waals surface area contributed by atoms with Crippen LogP contribution in [0.5, 0.6) is 0 Å². The van der Waals surface area contributed by atoms with E-state index >= 15 is 0 Å². The molecule has 0 radical (unpaired) electrons. The SMILES string of the molecule is C=C(C)C(CC)CCCC[C@H](C=N)C1OC1N[C@@H](CCCCN=C(C)NO)C(=O)OCC. The number of unbranched alkanes of at least 4 members (excludes halogenated alkanes) is 2. The molecular weight excluding hydrogens is 408 g/mol. The van der Waals surface area contributed by atoms with Crippen LogP contribution >= 0.6 is 0 Å². The number of hydroxylamine groups is 1. The third-order valence-corrected chi connectivity index (χ3v) is 6.04. The van der Waals surface area contributed by atoms with Crippen LogP contribution < -0.4 is 10.8 Å². The molecule has 0 aliphatic carbocycles. The van der Waals surface area contributed by atoms with Gasteiger partial charge in [-0.15, -0.1) is 0 Å². The number of rotatable bonds is 18. The van der Waals surface area contributed by atoms with E-state index in [2.05, 4.69) is 30.7 Å². The first-order valence-electron chi connectivity index (χ1n) is 12.0. The number of amidine groups is 1. The molecule has 32 heavy (non-hydrogen) atoms. The zero-order valence-electron chi connectivity index (χ0n) is 20.4. The summed E-state index contributed by atoms with van der Waals surface area (Å²) in [4.78, 5) is 16.5. The van der Waals surface area contributed by atoms with E-state index in [9.17, 15) is 4.79 Å². The molecule has 1 heterocycles. The lowest BCUT2D eigenvalue weighted by Crippen LogP contribution is -2.41. The minimum atomic E-state index is -0.432. The lowest BCUT2D eigenvalue weighted by molar-refractivity contribution is -0.146. The van der Waals surface area contributed by atoms with Crippen LogP contribution in [-0.4, -0.2) is 54.8 Å². The van der Waals surface area contributed by atoms with E-state index in [1.54, 1.807) is 13.8 Å². The van der Waals surface area contributed by atoms with Gasteiger partial charge in [-0.2, -0.15) is 0 Å². The fourth-order valence-electron chi connectivity index (χ4n) is 3.95. The summed E-state index contributed by atoms with van der Waals surface area (Å²) in [6.07, 6.45) is 8.80. The highest BCUT2D eigenvalue weighted by Crippen LogP contribution is 2.31. The number of aliphatic imine (C=N–C) groups is 1. The third kappa shape index (κ3) is 10.7. The number of epoxide rings is 1. The van der Waals surface area contributed by atoms with Crippen molar-refractivity contribution in [3.63, 3.8) is 0 Å². The van der Waals surface area contributed by atoms with Crippen molar-refractivity contribution < 1.29 is 19.5 Å². The molecule has 0 aromatic heterocycles. The predicted octanol–water partition coefficient (Wildman–Crippen LogP) is 4.23. The largest absolute Gasteiger partial charge is 0.465 e. The second-order valence-electron chi connectivity index (χ2n) is 8.63. The number of nitrogens with one attached hydrogen (secondary N) is 3. The molecule has 0 spiro atoms. The topological polar surface area (TPSA) is 119 Å². The fraction of sp³-hybridized carbons (Fsp3) is 0.792. The summed E-state index contributed by atoms with van der Waals surface area (Å²) in [6.45, 7) is 12.8. The first kappa shape index (κ1) is 28.3. The van der Waals surface area contributed by atoms with Gasteiger partial charge < -0.3 is 14.9 Å². The van der Waals surface area contributed by atoms with Crippen molar-refractivity contribution in [2.45, 2.75) is 97.4 Å². The van der Waals surface area contributed by atoms with Crippen molar-refractivity contribution >= 4 is 18.0 Å². The zero-order valence-corrected chi connectivity index (χ0v) is 20.4. The standard InChI is InChI=1S/C24H44N4O4/c1-6-19(17(3)4)12-8-9-13-20(16-25)22-23(32-22)27-21(24(29)31-7-2)14-10-11-15-26-18(5)28-30/h16,19-23,25,27,30H,3,6-15H2,1-2,4-5H3,(H,26,28)/t19?,20-,21+,22?,23?/m1/s1. The van der Waals surface area contributed by atoms with Crippen molar-refractivity contribution in [1.82, 2.24) is 10.8 Å². The maximum atomic E-state index is 12.4. The van der Waals surface area contributed by atoms with Crippen LogP contribution in [-0.2, 0) is 14.3 Å². The average molecular weight is 453 g/mol. The number of allylic oxidation sites excluding steroid dienone is 1. The molecule has 0 bridgehead atoms. The quantitative estimate of drug-likeness (QED) is 0.0470. The van der Waals surface area contributed by atoms with Crippen molar-refractivity contribution in [1.29, 1.82) is 5.41 Å². The van der Waals surface area contributed by atoms with Gasteiger partial charge in [-0.25, -0.2) is 0 Å². The van der Waals surface area contributed by atoms with Crippen LogP contribution in [0.1, 0.15) is 79.1 Å². The highest BCUT2D eigenvalue weighted by Gasteiger charge is 2.45. The molecule has 4 N–H and O–H groups in total. The normalized spacial score (nSPS) is 20.8. The van der Waals surface area contributed by atoms with Crippen molar-refractivity contribution in [3.05, 3.63) is 12.2 Å². The smallest absolute Gasteiger partial charge is 0.323 e. The summed E-state index contributed by atoms with van der Waals surface area (Å²) >= 11 is 0. The van der Waals surface area contributed by atoms with Crippen LogP contribution in [0, 0.1) is 17.2 Å². The summed E-state index contributed by atoms with van der Waals surface area (Å²) in [5.41, 5.74) is 3.26. The maximum Gasteiger partial charge on any atom is 0.323 e. The molecule has 1 aliphatic rings. The summed E-state index contributed by atoms with van der Waals surface area (Å²) < 4.78 is 11.0. The zero-order chi connectivity index (χ0) is 23.9. The van der Waals surface area contributed by atoms with Gasteiger partial charge in [0.2, 0.25) is 0 Å². The highest BCUT2D eigenvalue weighted by molar-refractivity contribution is 5.78. The number of carbonyl (C=O) groups excluding carboxylic acids is 1. The minimum Gasteiger partial charge on any atom is -0.465 e. The molecule has 0 aromatic rings. The van der Waals surface area contributed by atoms with Crippen LogP contribution in [0.15, 0.2) is 17.1 Å². The summed E-state index contributed by atoms with van der Waals surface area (Å²) in [5, 5.41) is 19.8. The Hall–Kier alpha value is -1.77. The van der Waals surface area contributed by atoms with Crippen LogP contribution in [0.25, 0.3) is 0 Å². The molecule has 0 amide bonds. The van der Waals surface area contributed by atoms with Gasteiger partial charge in [-0.3, -0.25) is 25.8 Å². The number of nitrogens with zero attached hydrogens (tertiary/aromatic N) is 1. The first-order valence-corrected chi connectivity index (χ1v) is 12.0. The predicted molar refractivity (Wildman–Crippen MR) is 128 cm³/mol. The monoisotopic (exact) mass is 452 g/mol. The highest BCUT2D eigenvalue weighted by atomic mass is 16.6. The van der Waals surface area contributed by atoms with Crippen molar-refractivity contribution in [2.24, 2.45) is 16.8 Å². The Bertz CT molecular complexity index is 611. The number of carbonyl (C=O) groups is 1. The molecule has 0 saturated carbocycles. The Morgan fingerprint density at radius 3 is 2.50 bits per heavy atom. The van der Waals surface area contributed by atoms with Crippen LogP contribution in [0.4, 0.5) is 0 Å². The lowest BCUT2D eigenvalue weighted by Gasteiger charge is -2.17. The second kappa shape index (κ2) is 15.9. The molecule has 184 valence electrons. The third-order valence-electron chi connectivity index (χ3n) is 6.04. The lowest BCUT2D eigenvalue weighted by atomic mass is 9.91. The minimum absolute atomic E-state index is 0.0588. The van der Waals surface area contributed by atoms with Gasteiger partial charge in [0.25, 0.3) is 0 Å². The Labute approximate surface area is 193 Å². The number of hydrogen-bond acceptors (Lipinski definition) is 7. The Morgan fingerprint density at radius 1 is 1.22 bits per heavy atom. The van der Waals surface area contributed by atoms with E-state index in [1.165, 1.54) is 11.8 Å². The van der Waals surface area contributed by atoms with Gasteiger partial charge in [0.05, 0.1) is 6.61 Å². The average Bonchev–Trinajstić information content (AvgIpc) is 3.53. The van der Waals surface area contributed by atoms with E-state index in [-0.39, 0.29) is 24.2 Å². The molecule has 5 atom stereocenters. The van der Waals surface area contributed by atoms with Crippen LogP contribution in [0.3, 0.4) is 0 Å². The molecule has 1 aliphatic heterocycles. The van der Waals surface area contributed by atoms with E-state index < -0.39 is 6.04 Å². The molecular formula is C24H44N4O4. The molecule has 1 fully saturated rings. The van der Waals surface area contributed by atoms with E-state index in [0.29, 0.717) is 31.3 Å². The Morgan fingerprint density at radius 2 is 1.91 bits per heavy atom. The van der Waals surface area contributed by atoms with Crippen molar-refractivity contribution in [3.8, 4) is 0 Å². The van der Waals surface area contributed by atoms with E-state index in [4.69, 9.17) is 20.1 Å².